The summed E-state index contributed by atoms with van der Waals surface area (Å²) in [6, 6.07) is 22.9. The molecule has 5 aromatic rings. The van der Waals surface area contributed by atoms with Gasteiger partial charge in [-0.05, 0) is 34.4 Å². The number of hydrogen-bond donors (Lipinski definition) is 0. The molecule has 0 saturated carbocycles. The highest BCUT2D eigenvalue weighted by Gasteiger charge is 2.13. The maximum atomic E-state index is 5.87. The lowest BCUT2D eigenvalue weighted by Crippen LogP contribution is -1.84. The van der Waals surface area contributed by atoms with E-state index in [0.29, 0.717) is 0 Å². The lowest BCUT2D eigenvalue weighted by atomic mass is 9.96. The van der Waals surface area contributed by atoms with Crippen molar-refractivity contribution in [2.45, 2.75) is 0 Å². The summed E-state index contributed by atoms with van der Waals surface area (Å²) in [6.07, 6.45) is 1.85. The highest BCUT2D eigenvalue weighted by molar-refractivity contribution is 7.08. The van der Waals surface area contributed by atoms with Gasteiger partial charge in [-0.2, -0.15) is 11.3 Å². The minimum Gasteiger partial charge on any atom is -0.464 e. The molecule has 0 bridgehead atoms. The first-order chi connectivity index (χ1) is 12.9. The summed E-state index contributed by atoms with van der Waals surface area (Å²) in [5.41, 5.74) is 5.15. The SMILES string of the molecule is C(#Cc1ccccc1-c1coc2ccc3ccccc3c12)c1ccsc1. The van der Waals surface area contributed by atoms with E-state index in [4.69, 9.17) is 4.42 Å². The van der Waals surface area contributed by atoms with E-state index in [2.05, 4.69) is 65.8 Å². The van der Waals surface area contributed by atoms with Crippen LogP contribution in [0.3, 0.4) is 0 Å². The third kappa shape index (κ3) is 2.50. The van der Waals surface area contributed by atoms with Crippen molar-refractivity contribution in [3.63, 3.8) is 0 Å². The number of thiophene rings is 1. The van der Waals surface area contributed by atoms with Gasteiger partial charge < -0.3 is 4.42 Å². The van der Waals surface area contributed by atoms with E-state index in [0.717, 1.165) is 33.2 Å². The van der Waals surface area contributed by atoms with E-state index < -0.39 is 0 Å². The summed E-state index contributed by atoms with van der Waals surface area (Å²) in [5, 5.41) is 7.67. The van der Waals surface area contributed by atoms with E-state index in [9.17, 15) is 0 Å². The molecule has 26 heavy (non-hydrogen) atoms. The smallest absolute Gasteiger partial charge is 0.135 e. The molecule has 2 heterocycles. The van der Waals surface area contributed by atoms with E-state index in [1.807, 2.05) is 29.8 Å². The second-order valence-electron chi connectivity index (χ2n) is 6.12. The average molecular weight is 350 g/mol. The van der Waals surface area contributed by atoms with Crippen LogP contribution in [0.4, 0.5) is 0 Å². The summed E-state index contributed by atoms with van der Waals surface area (Å²) in [7, 11) is 0. The molecule has 1 nitrogen and oxygen atoms in total. The van der Waals surface area contributed by atoms with Crippen molar-refractivity contribution in [1.82, 2.24) is 0 Å². The average Bonchev–Trinajstić information content (AvgIpc) is 3.36. The van der Waals surface area contributed by atoms with Crippen molar-refractivity contribution in [1.29, 1.82) is 0 Å². The molecule has 0 atom stereocenters. The standard InChI is InChI=1S/C24H14OS/c1-3-7-20(18(5-1)10-9-17-13-14-26-16-17)22-15-25-23-12-11-19-6-2-4-8-21(19)24(22)23/h1-8,11-16H. The Morgan fingerprint density at radius 1 is 0.769 bits per heavy atom. The summed E-state index contributed by atoms with van der Waals surface area (Å²) < 4.78 is 5.87. The van der Waals surface area contributed by atoms with Gasteiger partial charge >= 0.3 is 0 Å². The molecular weight excluding hydrogens is 336 g/mol. The lowest BCUT2D eigenvalue weighted by molar-refractivity contribution is 0.617. The Morgan fingerprint density at radius 3 is 2.58 bits per heavy atom. The molecule has 0 aliphatic heterocycles. The highest BCUT2D eigenvalue weighted by Crippen LogP contribution is 2.37. The predicted octanol–water partition coefficient (Wildman–Crippen LogP) is 6.71. The van der Waals surface area contributed by atoms with Gasteiger partial charge in [-0.25, -0.2) is 0 Å². The zero-order valence-corrected chi connectivity index (χ0v) is 14.7. The van der Waals surface area contributed by atoms with Crippen molar-refractivity contribution in [3.8, 4) is 23.0 Å². The molecule has 0 aliphatic rings. The molecule has 0 aliphatic carbocycles. The zero-order chi connectivity index (χ0) is 17.3. The first-order valence-corrected chi connectivity index (χ1v) is 9.37. The van der Waals surface area contributed by atoms with E-state index >= 15 is 0 Å². The number of furan rings is 1. The Labute approximate surface area is 155 Å². The van der Waals surface area contributed by atoms with Gasteiger partial charge in [0.15, 0.2) is 0 Å². The van der Waals surface area contributed by atoms with Gasteiger partial charge in [0.25, 0.3) is 0 Å². The summed E-state index contributed by atoms with van der Waals surface area (Å²) in [4.78, 5) is 0. The Balaban J connectivity index is 1.75. The second kappa shape index (κ2) is 6.22. The number of fused-ring (bicyclic) bond motifs is 3. The molecule has 0 amide bonds. The highest BCUT2D eigenvalue weighted by atomic mass is 32.1. The monoisotopic (exact) mass is 350 g/mol. The molecule has 3 aromatic carbocycles. The van der Waals surface area contributed by atoms with Crippen molar-refractivity contribution in [3.05, 3.63) is 94.9 Å². The van der Waals surface area contributed by atoms with E-state index in [-0.39, 0.29) is 0 Å². The predicted molar refractivity (Wildman–Crippen MR) is 109 cm³/mol. The van der Waals surface area contributed by atoms with Gasteiger partial charge in [0.2, 0.25) is 0 Å². The van der Waals surface area contributed by atoms with Crippen LogP contribution in [0.2, 0.25) is 0 Å². The molecule has 0 radical (unpaired) electrons. The third-order valence-corrected chi connectivity index (χ3v) is 5.23. The maximum Gasteiger partial charge on any atom is 0.135 e. The molecule has 0 spiro atoms. The van der Waals surface area contributed by atoms with Gasteiger partial charge in [-0.3, -0.25) is 0 Å². The van der Waals surface area contributed by atoms with Crippen LogP contribution in [-0.4, -0.2) is 0 Å². The van der Waals surface area contributed by atoms with Crippen molar-refractivity contribution in [2.24, 2.45) is 0 Å². The summed E-state index contributed by atoms with van der Waals surface area (Å²) >= 11 is 1.66. The Hall–Kier alpha value is -3.28. The topological polar surface area (TPSA) is 13.1 Å². The Morgan fingerprint density at radius 2 is 1.65 bits per heavy atom. The van der Waals surface area contributed by atoms with Gasteiger partial charge in [-0.15, -0.1) is 0 Å². The van der Waals surface area contributed by atoms with Gasteiger partial charge in [0, 0.05) is 33.0 Å². The lowest BCUT2D eigenvalue weighted by Gasteiger charge is -2.05. The van der Waals surface area contributed by atoms with Gasteiger partial charge in [-0.1, -0.05) is 60.4 Å². The number of rotatable bonds is 1. The van der Waals surface area contributed by atoms with Crippen molar-refractivity contribution >= 4 is 33.1 Å². The normalized spacial score (nSPS) is 10.8. The van der Waals surface area contributed by atoms with Crippen LogP contribution < -0.4 is 0 Å². The van der Waals surface area contributed by atoms with Crippen LogP contribution in [0.15, 0.2) is 88.2 Å². The molecular formula is C24H14OS. The number of hydrogen-bond acceptors (Lipinski definition) is 2. The minimum atomic E-state index is 0.902. The van der Waals surface area contributed by atoms with Crippen LogP contribution in [0.5, 0.6) is 0 Å². The first-order valence-electron chi connectivity index (χ1n) is 8.43. The number of benzene rings is 3. The van der Waals surface area contributed by atoms with Crippen LogP contribution in [-0.2, 0) is 0 Å². The Kier molecular flexibility index (Phi) is 3.59. The Bertz CT molecular complexity index is 1280. The molecule has 0 unspecified atom stereocenters. The molecule has 122 valence electrons. The zero-order valence-electron chi connectivity index (χ0n) is 13.9. The van der Waals surface area contributed by atoms with Crippen LogP contribution >= 0.6 is 11.3 Å². The van der Waals surface area contributed by atoms with Crippen LogP contribution in [0, 0.1) is 11.8 Å². The van der Waals surface area contributed by atoms with Gasteiger partial charge in [0.1, 0.15) is 5.58 Å². The fourth-order valence-electron chi connectivity index (χ4n) is 3.31. The molecule has 0 saturated heterocycles. The quantitative estimate of drug-likeness (QED) is 0.306. The second-order valence-corrected chi connectivity index (χ2v) is 6.90. The third-order valence-electron chi connectivity index (χ3n) is 4.54. The summed E-state index contributed by atoms with van der Waals surface area (Å²) in [6.45, 7) is 0. The van der Waals surface area contributed by atoms with Crippen molar-refractivity contribution in [2.75, 3.05) is 0 Å². The van der Waals surface area contributed by atoms with Gasteiger partial charge in [0.05, 0.1) is 6.26 Å². The molecule has 2 heteroatoms. The molecule has 0 fully saturated rings. The fraction of sp³-hybridized carbons (Fsp3) is 0. The molecule has 5 rings (SSSR count). The maximum absolute atomic E-state index is 5.87. The molecule has 2 aromatic heterocycles. The minimum absolute atomic E-state index is 0.902. The van der Waals surface area contributed by atoms with E-state index in [1.165, 1.54) is 10.8 Å². The summed E-state index contributed by atoms with van der Waals surface area (Å²) in [5.74, 6) is 6.59. The molecule has 0 N–H and O–H groups in total. The first kappa shape index (κ1) is 15.0. The van der Waals surface area contributed by atoms with E-state index in [1.54, 1.807) is 11.3 Å². The fourth-order valence-corrected chi connectivity index (χ4v) is 3.90. The van der Waals surface area contributed by atoms with Crippen LogP contribution in [0.25, 0.3) is 32.9 Å². The van der Waals surface area contributed by atoms with Crippen molar-refractivity contribution < 1.29 is 4.42 Å². The largest absolute Gasteiger partial charge is 0.464 e. The van der Waals surface area contributed by atoms with Crippen LogP contribution in [0.1, 0.15) is 11.1 Å².